The topological polar surface area (TPSA) is 46.3 Å². The molecule has 0 aliphatic carbocycles. The summed E-state index contributed by atoms with van der Waals surface area (Å²) in [6.45, 7) is 0. The number of hydrogen-bond acceptors (Lipinski definition) is 3. The lowest BCUT2D eigenvalue weighted by Crippen LogP contribution is -2.23. The van der Waals surface area contributed by atoms with Crippen LogP contribution in [0, 0.1) is 0 Å². The maximum atomic E-state index is 11.3. The predicted molar refractivity (Wildman–Crippen MR) is 75.2 cm³/mol. The second-order valence-electron chi connectivity index (χ2n) is 4.19. The van der Waals surface area contributed by atoms with Crippen LogP contribution < -0.4 is 5.73 Å². The molecule has 0 saturated heterocycles. The van der Waals surface area contributed by atoms with Crippen molar-refractivity contribution in [1.82, 2.24) is 4.90 Å². The van der Waals surface area contributed by atoms with Crippen LogP contribution in [0.1, 0.15) is 12.0 Å². The van der Waals surface area contributed by atoms with E-state index < -0.39 is 0 Å². The van der Waals surface area contributed by atoms with E-state index in [-0.39, 0.29) is 5.91 Å². The number of amides is 1. The molecule has 0 fully saturated rings. The molecule has 17 heavy (non-hydrogen) atoms. The highest BCUT2D eigenvalue weighted by Crippen LogP contribution is 2.10. The first-order chi connectivity index (χ1) is 8.09. The van der Waals surface area contributed by atoms with Crippen LogP contribution in [0.25, 0.3) is 0 Å². The summed E-state index contributed by atoms with van der Waals surface area (Å²) in [5.41, 5.74) is 7.73. The van der Waals surface area contributed by atoms with E-state index >= 15 is 0 Å². The highest BCUT2D eigenvalue weighted by atomic mass is 32.2. The molecule has 0 saturated carbocycles. The average molecular weight is 252 g/mol. The summed E-state index contributed by atoms with van der Waals surface area (Å²) in [4.78, 5) is 12.9. The standard InChI is InChI=1S/C13H20N2OS/c1-15(2)13(16)10-17-9-3-4-11-5-7-12(14)8-6-11/h5-8H,3-4,9-10,14H2,1-2H3. The van der Waals surface area contributed by atoms with E-state index in [2.05, 4.69) is 12.1 Å². The van der Waals surface area contributed by atoms with Gasteiger partial charge in [0.15, 0.2) is 0 Å². The number of nitrogens with zero attached hydrogens (tertiary/aromatic N) is 1. The molecular weight excluding hydrogens is 232 g/mol. The largest absolute Gasteiger partial charge is 0.399 e. The first-order valence-corrected chi connectivity index (χ1v) is 6.87. The van der Waals surface area contributed by atoms with Gasteiger partial charge in [-0.05, 0) is 36.3 Å². The fourth-order valence-corrected chi connectivity index (χ4v) is 2.28. The second kappa shape index (κ2) is 7.22. The van der Waals surface area contributed by atoms with Crippen LogP contribution in [0.5, 0.6) is 0 Å². The molecule has 0 spiro atoms. The maximum Gasteiger partial charge on any atom is 0.232 e. The van der Waals surface area contributed by atoms with Gasteiger partial charge in [-0.25, -0.2) is 0 Å². The van der Waals surface area contributed by atoms with E-state index in [0.29, 0.717) is 5.75 Å². The Morgan fingerprint density at radius 1 is 1.29 bits per heavy atom. The second-order valence-corrected chi connectivity index (χ2v) is 5.29. The van der Waals surface area contributed by atoms with Crippen molar-refractivity contribution in [1.29, 1.82) is 0 Å². The van der Waals surface area contributed by atoms with Gasteiger partial charge in [0.2, 0.25) is 5.91 Å². The number of nitrogen functional groups attached to an aromatic ring is 1. The Labute approximate surface area is 107 Å². The summed E-state index contributed by atoms with van der Waals surface area (Å²) < 4.78 is 0. The van der Waals surface area contributed by atoms with Crippen molar-refractivity contribution in [2.24, 2.45) is 0 Å². The van der Waals surface area contributed by atoms with Gasteiger partial charge in [0.25, 0.3) is 0 Å². The van der Waals surface area contributed by atoms with Gasteiger partial charge in [0.1, 0.15) is 0 Å². The lowest BCUT2D eigenvalue weighted by atomic mass is 10.1. The molecule has 0 aliphatic heterocycles. The normalized spacial score (nSPS) is 10.2. The molecule has 1 aromatic carbocycles. The SMILES string of the molecule is CN(C)C(=O)CSCCCc1ccc(N)cc1. The van der Waals surface area contributed by atoms with Crippen molar-refractivity contribution in [2.75, 3.05) is 31.3 Å². The van der Waals surface area contributed by atoms with E-state index in [9.17, 15) is 4.79 Å². The number of carbonyl (C=O) groups excluding carboxylic acids is 1. The van der Waals surface area contributed by atoms with Gasteiger partial charge in [-0.2, -0.15) is 11.8 Å². The minimum atomic E-state index is 0.183. The average Bonchev–Trinajstić information content (AvgIpc) is 2.30. The van der Waals surface area contributed by atoms with Crippen LogP contribution >= 0.6 is 11.8 Å². The summed E-state index contributed by atoms with van der Waals surface area (Å²) in [6.07, 6.45) is 2.14. The molecule has 1 rings (SSSR count). The highest BCUT2D eigenvalue weighted by Gasteiger charge is 2.02. The number of nitrogens with two attached hydrogens (primary N) is 1. The first kappa shape index (κ1) is 13.9. The molecule has 0 radical (unpaired) electrons. The summed E-state index contributed by atoms with van der Waals surface area (Å²) >= 11 is 1.70. The lowest BCUT2D eigenvalue weighted by molar-refractivity contribution is -0.125. The number of hydrogen-bond donors (Lipinski definition) is 1. The molecule has 0 unspecified atom stereocenters. The summed E-state index contributed by atoms with van der Waals surface area (Å²) in [5.74, 6) is 1.78. The van der Waals surface area contributed by atoms with E-state index in [0.717, 1.165) is 24.3 Å². The van der Waals surface area contributed by atoms with Crippen molar-refractivity contribution >= 4 is 23.4 Å². The van der Waals surface area contributed by atoms with E-state index in [1.54, 1.807) is 30.8 Å². The van der Waals surface area contributed by atoms with Crippen molar-refractivity contribution in [3.05, 3.63) is 29.8 Å². The third-order valence-electron chi connectivity index (χ3n) is 2.46. The number of aryl methyl sites for hydroxylation is 1. The minimum Gasteiger partial charge on any atom is -0.399 e. The number of carbonyl (C=O) groups is 1. The van der Waals surface area contributed by atoms with E-state index in [1.807, 2.05) is 12.1 Å². The van der Waals surface area contributed by atoms with Crippen LogP contribution in [-0.2, 0) is 11.2 Å². The molecule has 0 aromatic heterocycles. The quantitative estimate of drug-likeness (QED) is 0.622. The summed E-state index contributed by atoms with van der Waals surface area (Å²) in [6, 6.07) is 7.98. The van der Waals surface area contributed by atoms with Gasteiger partial charge in [-0.3, -0.25) is 4.79 Å². The van der Waals surface area contributed by atoms with Crippen LogP contribution in [0.4, 0.5) is 5.69 Å². The molecule has 0 heterocycles. The Bertz CT molecular complexity index is 349. The number of thioether (sulfide) groups is 1. The molecule has 94 valence electrons. The summed E-state index contributed by atoms with van der Waals surface area (Å²) in [5, 5.41) is 0. The molecule has 0 atom stereocenters. The predicted octanol–water partition coefficient (Wildman–Crippen LogP) is 2.02. The molecule has 4 heteroatoms. The van der Waals surface area contributed by atoms with E-state index in [4.69, 9.17) is 5.73 Å². The van der Waals surface area contributed by atoms with Crippen molar-refractivity contribution < 1.29 is 4.79 Å². The monoisotopic (exact) mass is 252 g/mol. The molecule has 0 bridgehead atoms. The molecule has 3 nitrogen and oxygen atoms in total. The van der Waals surface area contributed by atoms with Crippen LogP contribution in [0.2, 0.25) is 0 Å². The lowest BCUT2D eigenvalue weighted by Gasteiger charge is -2.09. The van der Waals surface area contributed by atoms with Gasteiger partial charge in [0, 0.05) is 19.8 Å². The minimum absolute atomic E-state index is 0.183. The van der Waals surface area contributed by atoms with E-state index in [1.165, 1.54) is 5.56 Å². The van der Waals surface area contributed by atoms with Gasteiger partial charge >= 0.3 is 0 Å². The molecule has 1 aromatic rings. The zero-order valence-electron chi connectivity index (χ0n) is 10.5. The van der Waals surface area contributed by atoms with Gasteiger partial charge in [-0.15, -0.1) is 0 Å². The van der Waals surface area contributed by atoms with Gasteiger partial charge < -0.3 is 10.6 Å². The Kier molecular flexibility index (Phi) is 5.91. The number of benzene rings is 1. The zero-order chi connectivity index (χ0) is 12.7. The van der Waals surface area contributed by atoms with Crippen molar-refractivity contribution in [3.8, 4) is 0 Å². The first-order valence-electron chi connectivity index (χ1n) is 5.72. The van der Waals surface area contributed by atoms with Crippen molar-refractivity contribution in [2.45, 2.75) is 12.8 Å². The Hall–Kier alpha value is -1.16. The molecule has 1 amide bonds. The third-order valence-corrected chi connectivity index (χ3v) is 3.49. The number of rotatable bonds is 6. The van der Waals surface area contributed by atoms with Gasteiger partial charge in [0.05, 0.1) is 5.75 Å². The maximum absolute atomic E-state index is 11.3. The van der Waals surface area contributed by atoms with Crippen LogP contribution in [0.15, 0.2) is 24.3 Å². The van der Waals surface area contributed by atoms with Crippen molar-refractivity contribution in [3.63, 3.8) is 0 Å². The molecule has 0 aliphatic rings. The zero-order valence-corrected chi connectivity index (χ0v) is 11.3. The fourth-order valence-electron chi connectivity index (χ4n) is 1.35. The fraction of sp³-hybridized carbons (Fsp3) is 0.462. The Balaban J connectivity index is 2.12. The molecular formula is C13H20N2OS. The Morgan fingerprint density at radius 3 is 2.53 bits per heavy atom. The Morgan fingerprint density at radius 2 is 1.94 bits per heavy atom. The van der Waals surface area contributed by atoms with Gasteiger partial charge in [-0.1, -0.05) is 12.1 Å². The van der Waals surface area contributed by atoms with Crippen LogP contribution in [-0.4, -0.2) is 36.4 Å². The van der Waals surface area contributed by atoms with Crippen LogP contribution in [0.3, 0.4) is 0 Å². The number of anilines is 1. The highest BCUT2D eigenvalue weighted by molar-refractivity contribution is 7.99. The summed E-state index contributed by atoms with van der Waals surface area (Å²) in [7, 11) is 3.58. The third kappa shape index (κ3) is 5.63. The smallest absolute Gasteiger partial charge is 0.232 e. The molecule has 2 N–H and O–H groups in total.